The lowest BCUT2D eigenvalue weighted by Crippen LogP contribution is -2.40. The number of fused-ring (bicyclic) bond motifs is 1. The molecule has 2 rings (SSSR count). The van der Waals surface area contributed by atoms with Crippen LogP contribution in [0.1, 0.15) is 67.7 Å². The highest BCUT2D eigenvalue weighted by atomic mass is 35.5. The first-order valence-electron chi connectivity index (χ1n) is 8.25. The third-order valence-electron chi connectivity index (χ3n) is 3.92. The number of nitrogens with zero attached hydrogens (tertiary/aromatic N) is 2. The first-order chi connectivity index (χ1) is 11.0. The molecule has 1 amide bonds. The first-order valence-corrected chi connectivity index (χ1v) is 8.25. The Bertz CT molecular complexity index is 685. The molecule has 24 heavy (non-hydrogen) atoms. The summed E-state index contributed by atoms with van der Waals surface area (Å²) in [5.74, 6) is 0.00913. The van der Waals surface area contributed by atoms with E-state index in [-0.39, 0.29) is 30.3 Å². The first kappa shape index (κ1) is 20.4. The molecule has 3 N–H and O–H groups in total. The zero-order chi connectivity index (χ0) is 17.0. The predicted octanol–water partition coefficient (Wildman–Crippen LogP) is 3.32. The fourth-order valence-electron chi connectivity index (χ4n) is 2.63. The fourth-order valence-corrected chi connectivity index (χ4v) is 2.63. The Morgan fingerprint density at radius 1 is 1.42 bits per heavy atom. The van der Waals surface area contributed by atoms with Crippen molar-refractivity contribution < 1.29 is 9.32 Å². The maximum atomic E-state index is 12.8. The van der Waals surface area contributed by atoms with Crippen molar-refractivity contribution in [1.29, 1.82) is 0 Å². The monoisotopic (exact) mass is 354 g/mol. The number of rotatable bonds is 7. The van der Waals surface area contributed by atoms with E-state index in [2.05, 4.69) is 22.4 Å². The lowest BCUT2D eigenvalue weighted by molar-refractivity contribution is 0.0937. The summed E-state index contributed by atoms with van der Waals surface area (Å²) < 4.78 is 5.31. The molecule has 0 aliphatic rings. The molecule has 0 saturated heterocycles. The average Bonchev–Trinajstić information content (AvgIpc) is 2.94. The molecule has 0 bridgehead atoms. The number of carbonyl (C=O) groups is 1. The molecule has 0 saturated carbocycles. The molecule has 6 nitrogen and oxygen atoms in total. The van der Waals surface area contributed by atoms with Crippen LogP contribution >= 0.6 is 12.4 Å². The molecule has 0 aliphatic carbocycles. The Morgan fingerprint density at radius 3 is 2.71 bits per heavy atom. The highest BCUT2D eigenvalue weighted by Crippen LogP contribution is 2.27. The molecular weight excluding hydrogens is 328 g/mol. The Kier molecular flexibility index (Phi) is 7.63. The molecule has 2 heterocycles. The third-order valence-corrected chi connectivity index (χ3v) is 3.92. The number of pyridine rings is 1. The minimum Gasteiger partial charge on any atom is -0.348 e. The average molecular weight is 355 g/mol. The van der Waals surface area contributed by atoms with E-state index in [4.69, 9.17) is 10.3 Å². The van der Waals surface area contributed by atoms with Gasteiger partial charge in [0.25, 0.3) is 11.6 Å². The van der Waals surface area contributed by atoms with Crippen molar-refractivity contribution in [2.75, 3.05) is 6.54 Å². The maximum Gasteiger partial charge on any atom is 0.259 e. The molecule has 2 aromatic rings. The van der Waals surface area contributed by atoms with Crippen molar-refractivity contribution in [2.24, 2.45) is 5.73 Å². The highest BCUT2D eigenvalue weighted by Gasteiger charge is 2.22. The van der Waals surface area contributed by atoms with Gasteiger partial charge < -0.3 is 15.6 Å². The smallest absolute Gasteiger partial charge is 0.259 e. The summed E-state index contributed by atoms with van der Waals surface area (Å²) in [5.41, 5.74) is 8.25. The van der Waals surface area contributed by atoms with E-state index in [0.29, 0.717) is 23.2 Å². The van der Waals surface area contributed by atoms with Gasteiger partial charge in [-0.15, -0.1) is 12.4 Å². The summed E-state index contributed by atoms with van der Waals surface area (Å²) in [6.45, 7) is 8.42. The van der Waals surface area contributed by atoms with E-state index in [1.54, 1.807) is 6.07 Å². The third kappa shape index (κ3) is 4.45. The molecule has 0 spiro atoms. The topological polar surface area (TPSA) is 94.0 Å². The van der Waals surface area contributed by atoms with Crippen LogP contribution < -0.4 is 11.1 Å². The zero-order valence-electron chi connectivity index (χ0n) is 14.8. The van der Waals surface area contributed by atoms with Crippen LogP contribution in [-0.2, 0) is 0 Å². The highest BCUT2D eigenvalue weighted by molar-refractivity contribution is 6.06. The number of nitrogens with one attached hydrogen (secondary N) is 1. The summed E-state index contributed by atoms with van der Waals surface area (Å²) in [6.07, 6.45) is 3.00. The predicted molar refractivity (Wildman–Crippen MR) is 97.7 cm³/mol. The zero-order valence-corrected chi connectivity index (χ0v) is 15.6. The molecule has 0 fully saturated rings. The molecule has 0 aliphatic heterocycles. The van der Waals surface area contributed by atoms with Crippen LogP contribution in [0.4, 0.5) is 0 Å². The molecule has 0 aromatic carbocycles. The number of hydrogen-bond donors (Lipinski definition) is 2. The molecule has 0 radical (unpaired) electrons. The normalized spacial score (nSPS) is 12.2. The van der Waals surface area contributed by atoms with E-state index < -0.39 is 0 Å². The van der Waals surface area contributed by atoms with Gasteiger partial charge in [0.1, 0.15) is 0 Å². The summed E-state index contributed by atoms with van der Waals surface area (Å²) in [7, 11) is 0. The SMILES string of the molecule is CCCCC(CN)NC(=O)c1cc(C)nc2onc(C(C)C)c12.Cl. The maximum absolute atomic E-state index is 12.8. The second-order valence-corrected chi connectivity index (χ2v) is 6.26. The van der Waals surface area contributed by atoms with Gasteiger partial charge in [0, 0.05) is 18.3 Å². The molecule has 2 aromatic heterocycles. The van der Waals surface area contributed by atoms with Crippen LogP contribution in [0.15, 0.2) is 10.6 Å². The summed E-state index contributed by atoms with van der Waals surface area (Å²) in [6, 6.07) is 1.77. The lowest BCUT2D eigenvalue weighted by Gasteiger charge is -2.17. The Labute approximate surface area is 149 Å². The largest absolute Gasteiger partial charge is 0.348 e. The summed E-state index contributed by atoms with van der Waals surface area (Å²) in [4.78, 5) is 17.1. The van der Waals surface area contributed by atoms with Gasteiger partial charge in [-0.25, -0.2) is 4.98 Å². The van der Waals surface area contributed by atoms with Gasteiger partial charge in [-0.1, -0.05) is 38.8 Å². The van der Waals surface area contributed by atoms with E-state index >= 15 is 0 Å². The van der Waals surface area contributed by atoms with Crippen LogP contribution in [0.5, 0.6) is 0 Å². The van der Waals surface area contributed by atoms with E-state index in [0.717, 1.165) is 30.7 Å². The van der Waals surface area contributed by atoms with Gasteiger partial charge in [-0.3, -0.25) is 4.79 Å². The van der Waals surface area contributed by atoms with Crippen LogP contribution in [0, 0.1) is 6.92 Å². The summed E-state index contributed by atoms with van der Waals surface area (Å²) >= 11 is 0. The number of unbranched alkanes of at least 4 members (excludes halogenated alkanes) is 1. The number of amides is 1. The van der Waals surface area contributed by atoms with Crippen molar-refractivity contribution in [1.82, 2.24) is 15.5 Å². The van der Waals surface area contributed by atoms with E-state index in [9.17, 15) is 4.79 Å². The van der Waals surface area contributed by atoms with Crippen LogP contribution in [0.2, 0.25) is 0 Å². The Balaban J connectivity index is 0.00000288. The number of carbonyl (C=O) groups excluding carboxylic acids is 1. The minimum absolute atomic E-state index is 0. The number of halogens is 1. The number of hydrogen-bond acceptors (Lipinski definition) is 5. The van der Waals surface area contributed by atoms with Gasteiger partial charge in [-0.05, 0) is 25.3 Å². The molecule has 1 unspecified atom stereocenters. The minimum atomic E-state index is -0.142. The van der Waals surface area contributed by atoms with Crippen LogP contribution in [0.3, 0.4) is 0 Å². The van der Waals surface area contributed by atoms with Crippen molar-refractivity contribution >= 4 is 29.4 Å². The Hall–Kier alpha value is -1.66. The van der Waals surface area contributed by atoms with E-state index in [1.165, 1.54) is 0 Å². The van der Waals surface area contributed by atoms with Crippen LogP contribution in [-0.4, -0.2) is 28.6 Å². The molecule has 134 valence electrons. The van der Waals surface area contributed by atoms with Crippen LogP contribution in [0.25, 0.3) is 11.1 Å². The van der Waals surface area contributed by atoms with Crippen molar-refractivity contribution in [3.63, 3.8) is 0 Å². The lowest BCUT2D eigenvalue weighted by atomic mass is 10.0. The second-order valence-electron chi connectivity index (χ2n) is 6.26. The van der Waals surface area contributed by atoms with E-state index in [1.807, 2.05) is 20.8 Å². The number of nitrogens with two attached hydrogens (primary N) is 1. The van der Waals surface area contributed by atoms with Gasteiger partial charge in [0.2, 0.25) is 0 Å². The molecule has 1 atom stereocenters. The second kappa shape index (κ2) is 8.99. The number of aryl methyl sites for hydroxylation is 1. The van der Waals surface area contributed by atoms with Crippen molar-refractivity contribution in [3.05, 3.63) is 23.0 Å². The standard InChI is InChI=1S/C17H26N4O2.ClH/c1-5-6-7-12(9-18)20-16(22)13-8-11(4)19-17-14(13)15(10(2)3)21-23-17;/h8,10,12H,5-7,9,18H2,1-4H3,(H,20,22);1H. The van der Waals surface area contributed by atoms with Crippen molar-refractivity contribution in [2.45, 2.75) is 58.9 Å². The van der Waals surface area contributed by atoms with Gasteiger partial charge in [0.15, 0.2) is 0 Å². The molecular formula is C17H27ClN4O2. The Morgan fingerprint density at radius 2 is 2.12 bits per heavy atom. The summed E-state index contributed by atoms with van der Waals surface area (Å²) in [5, 5.41) is 7.82. The fraction of sp³-hybridized carbons (Fsp3) is 0.588. The van der Waals surface area contributed by atoms with Gasteiger partial charge >= 0.3 is 0 Å². The quantitative estimate of drug-likeness (QED) is 0.795. The molecule has 7 heteroatoms. The van der Waals surface area contributed by atoms with Crippen molar-refractivity contribution in [3.8, 4) is 0 Å². The number of aromatic nitrogens is 2. The van der Waals surface area contributed by atoms with Gasteiger partial charge in [0.05, 0.1) is 16.6 Å². The van der Waals surface area contributed by atoms with Gasteiger partial charge in [-0.2, -0.15) is 0 Å².